The number of rotatable bonds is 8. The first-order valence-corrected chi connectivity index (χ1v) is 10.2. The molecule has 2 aromatic carbocycles. The minimum absolute atomic E-state index is 0.0403. The zero-order chi connectivity index (χ0) is 20.6. The fourth-order valence-corrected chi connectivity index (χ4v) is 3.35. The molecule has 0 radical (unpaired) electrons. The summed E-state index contributed by atoms with van der Waals surface area (Å²) in [5, 5.41) is 3.06. The molecule has 0 bridgehead atoms. The average molecular weight is 391 g/mol. The second kappa shape index (κ2) is 9.97. The molecule has 3 rings (SSSR count). The Morgan fingerprint density at radius 1 is 0.966 bits per heavy atom. The van der Waals surface area contributed by atoms with Gasteiger partial charge in [-0.1, -0.05) is 44.9 Å². The molecule has 1 atom stereocenters. The van der Waals surface area contributed by atoms with Crippen molar-refractivity contribution >= 4 is 11.6 Å². The van der Waals surface area contributed by atoms with Crippen molar-refractivity contribution in [2.75, 3.05) is 5.32 Å². The molecule has 1 unspecified atom stereocenters. The second-order valence-electron chi connectivity index (χ2n) is 7.23. The molecule has 0 spiro atoms. The van der Waals surface area contributed by atoms with E-state index in [0.717, 1.165) is 53.9 Å². The summed E-state index contributed by atoms with van der Waals surface area (Å²) in [6.07, 6.45) is 3.91. The van der Waals surface area contributed by atoms with Gasteiger partial charge in [-0.2, -0.15) is 0 Å². The first-order valence-electron chi connectivity index (χ1n) is 10.2. The van der Waals surface area contributed by atoms with Crippen LogP contribution < -0.4 is 5.32 Å². The summed E-state index contributed by atoms with van der Waals surface area (Å²) in [6.45, 7) is 4.20. The molecule has 0 saturated heterocycles. The number of hydrogen-bond acceptors (Lipinski definition) is 2. The predicted octanol–water partition coefficient (Wildman–Crippen LogP) is 6.71. The van der Waals surface area contributed by atoms with Gasteiger partial charge in [-0.05, 0) is 61.4 Å². The molecule has 3 aromatic rings. The fourth-order valence-electron chi connectivity index (χ4n) is 3.35. The van der Waals surface area contributed by atoms with Crippen LogP contribution in [0.25, 0.3) is 22.5 Å². The van der Waals surface area contributed by atoms with Crippen LogP contribution in [0.1, 0.15) is 39.5 Å². The van der Waals surface area contributed by atoms with Crippen LogP contribution in [0, 0.1) is 11.7 Å². The van der Waals surface area contributed by atoms with Gasteiger partial charge in [0.2, 0.25) is 5.91 Å². The van der Waals surface area contributed by atoms with Crippen LogP contribution >= 0.6 is 0 Å². The van der Waals surface area contributed by atoms with Crippen molar-refractivity contribution in [3.63, 3.8) is 0 Å². The van der Waals surface area contributed by atoms with E-state index in [1.807, 2.05) is 42.5 Å². The Bertz CT molecular complexity index is 953. The SMILES string of the molecule is CCCCC(CC)C(=O)Nc1cccc(-c2cccc(-c3ccc(F)cc3)n2)c1. The molecule has 0 fully saturated rings. The van der Waals surface area contributed by atoms with Crippen molar-refractivity contribution < 1.29 is 9.18 Å². The monoisotopic (exact) mass is 390 g/mol. The first kappa shape index (κ1) is 20.7. The van der Waals surface area contributed by atoms with Crippen LogP contribution in [-0.2, 0) is 4.79 Å². The number of hydrogen-bond donors (Lipinski definition) is 1. The zero-order valence-electron chi connectivity index (χ0n) is 17.0. The van der Waals surface area contributed by atoms with E-state index < -0.39 is 0 Å². The zero-order valence-corrected chi connectivity index (χ0v) is 17.0. The van der Waals surface area contributed by atoms with Crippen LogP contribution in [0.3, 0.4) is 0 Å². The number of unbranched alkanes of at least 4 members (excludes halogenated alkanes) is 1. The predicted molar refractivity (Wildman–Crippen MR) is 117 cm³/mol. The Labute approximate surface area is 172 Å². The van der Waals surface area contributed by atoms with E-state index in [4.69, 9.17) is 4.98 Å². The molecule has 0 aliphatic heterocycles. The molecule has 1 amide bonds. The van der Waals surface area contributed by atoms with Crippen molar-refractivity contribution in [3.05, 3.63) is 72.5 Å². The van der Waals surface area contributed by atoms with Crippen molar-refractivity contribution in [1.82, 2.24) is 4.98 Å². The van der Waals surface area contributed by atoms with Gasteiger partial charge in [-0.3, -0.25) is 4.79 Å². The van der Waals surface area contributed by atoms with E-state index in [9.17, 15) is 9.18 Å². The lowest BCUT2D eigenvalue weighted by atomic mass is 9.98. The summed E-state index contributed by atoms with van der Waals surface area (Å²) in [5.41, 5.74) is 4.15. The summed E-state index contributed by atoms with van der Waals surface area (Å²) in [7, 11) is 0. The number of amides is 1. The maximum Gasteiger partial charge on any atom is 0.227 e. The van der Waals surface area contributed by atoms with E-state index in [0.29, 0.717) is 0 Å². The average Bonchev–Trinajstić information content (AvgIpc) is 2.75. The number of benzene rings is 2. The van der Waals surface area contributed by atoms with Gasteiger partial charge in [0.15, 0.2) is 0 Å². The van der Waals surface area contributed by atoms with Crippen LogP contribution in [0.5, 0.6) is 0 Å². The molecule has 3 nitrogen and oxygen atoms in total. The number of nitrogens with zero attached hydrogens (tertiary/aromatic N) is 1. The number of aromatic nitrogens is 1. The molecule has 29 heavy (non-hydrogen) atoms. The van der Waals surface area contributed by atoms with Gasteiger partial charge in [0.05, 0.1) is 11.4 Å². The molecular weight excluding hydrogens is 363 g/mol. The standard InChI is InChI=1S/C25H27FN2O/c1-3-5-8-18(4-2)25(29)27-22-10-6-9-20(17-22)24-12-7-11-23(28-24)19-13-15-21(26)16-14-19/h6-7,9-18H,3-5,8H2,1-2H3,(H,27,29). The van der Waals surface area contributed by atoms with Gasteiger partial charge < -0.3 is 5.32 Å². The molecule has 0 aliphatic carbocycles. The number of nitrogens with one attached hydrogen (secondary N) is 1. The maximum atomic E-state index is 13.2. The number of carbonyl (C=O) groups is 1. The quantitative estimate of drug-likeness (QED) is 0.464. The van der Waals surface area contributed by atoms with Crippen LogP contribution in [0.15, 0.2) is 66.7 Å². The highest BCUT2D eigenvalue weighted by Crippen LogP contribution is 2.25. The second-order valence-corrected chi connectivity index (χ2v) is 7.23. The number of anilines is 1. The largest absolute Gasteiger partial charge is 0.326 e. The summed E-state index contributed by atoms with van der Waals surface area (Å²) in [5.74, 6) is -0.151. The molecule has 1 heterocycles. The maximum absolute atomic E-state index is 13.2. The highest BCUT2D eigenvalue weighted by Gasteiger charge is 2.16. The highest BCUT2D eigenvalue weighted by atomic mass is 19.1. The van der Waals surface area contributed by atoms with Gasteiger partial charge >= 0.3 is 0 Å². The molecule has 0 aliphatic rings. The van der Waals surface area contributed by atoms with E-state index in [1.165, 1.54) is 12.1 Å². The third-order valence-corrected chi connectivity index (χ3v) is 5.08. The number of pyridine rings is 1. The summed E-state index contributed by atoms with van der Waals surface area (Å²) < 4.78 is 13.2. The Morgan fingerprint density at radius 3 is 2.34 bits per heavy atom. The van der Waals surface area contributed by atoms with Crippen LogP contribution in [0.2, 0.25) is 0 Å². The lowest BCUT2D eigenvalue weighted by Crippen LogP contribution is -2.22. The van der Waals surface area contributed by atoms with Gasteiger partial charge in [0.25, 0.3) is 0 Å². The lowest BCUT2D eigenvalue weighted by molar-refractivity contribution is -0.120. The third-order valence-electron chi connectivity index (χ3n) is 5.08. The minimum atomic E-state index is -0.266. The van der Waals surface area contributed by atoms with Crippen molar-refractivity contribution in [3.8, 4) is 22.5 Å². The van der Waals surface area contributed by atoms with E-state index in [2.05, 4.69) is 19.2 Å². The first-order chi connectivity index (χ1) is 14.1. The number of carbonyl (C=O) groups excluding carboxylic acids is 1. The summed E-state index contributed by atoms with van der Waals surface area (Å²) >= 11 is 0. The normalized spacial score (nSPS) is 11.8. The Balaban J connectivity index is 1.80. The van der Waals surface area contributed by atoms with Gasteiger partial charge in [0.1, 0.15) is 5.82 Å². The topological polar surface area (TPSA) is 42.0 Å². The third kappa shape index (κ3) is 5.50. The molecule has 0 saturated carbocycles. The van der Waals surface area contributed by atoms with Crippen molar-refractivity contribution in [2.45, 2.75) is 39.5 Å². The van der Waals surface area contributed by atoms with Crippen LogP contribution in [0.4, 0.5) is 10.1 Å². The number of halogens is 1. The van der Waals surface area contributed by atoms with Crippen LogP contribution in [-0.4, -0.2) is 10.9 Å². The fraction of sp³-hybridized carbons (Fsp3) is 0.280. The molecule has 1 aromatic heterocycles. The molecule has 1 N–H and O–H groups in total. The smallest absolute Gasteiger partial charge is 0.227 e. The Morgan fingerprint density at radius 2 is 1.66 bits per heavy atom. The lowest BCUT2D eigenvalue weighted by Gasteiger charge is -2.15. The minimum Gasteiger partial charge on any atom is -0.326 e. The highest BCUT2D eigenvalue weighted by molar-refractivity contribution is 5.93. The van der Waals surface area contributed by atoms with E-state index in [-0.39, 0.29) is 17.6 Å². The molecular formula is C25H27FN2O. The van der Waals surface area contributed by atoms with Gasteiger partial charge in [-0.15, -0.1) is 0 Å². The molecule has 4 heteroatoms. The van der Waals surface area contributed by atoms with E-state index >= 15 is 0 Å². The Hall–Kier alpha value is -3.01. The van der Waals surface area contributed by atoms with E-state index in [1.54, 1.807) is 12.1 Å². The van der Waals surface area contributed by atoms with Gasteiger partial charge in [0, 0.05) is 22.7 Å². The molecule has 150 valence electrons. The van der Waals surface area contributed by atoms with Gasteiger partial charge in [-0.25, -0.2) is 9.37 Å². The summed E-state index contributed by atoms with van der Waals surface area (Å²) in [6, 6.07) is 19.8. The summed E-state index contributed by atoms with van der Waals surface area (Å²) in [4.78, 5) is 17.3. The van der Waals surface area contributed by atoms with Crippen molar-refractivity contribution in [1.29, 1.82) is 0 Å². The van der Waals surface area contributed by atoms with Crippen molar-refractivity contribution in [2.24, 2.45) is 5.92 Å². The Kier molecular flexibility index (Phi) is 7.12.